The van der Waals surface area contributed by atoms with Crippen LogP contribution in [0.4, 0.5) is 0 Å². The van der Waals surface area contributed by atoms with Crippen molar-refractivity contribution in [1.29, 1.82) is 0 Å². The highest BCUT2D eigenvalue weighted by Gasteiger charge is 2.29. The number of nitrogens with one attached hydrogen (secondary N) is 2. The van der Waals surface area contributed by atoms with Crippen LogP contribution in [0, 0.1) is 0 Å². The number of rotatable bonds is 4. The van der Waals surface area contributed by atoms with Crippen LogP contribution in [0.5, 0.6) is 5.75 Å². The van der Waals surface area contributed by atoms with Crippen molar-refractivity contribution >= 4 is 5.91 Å². The highest BCUT2D eigenvalue weighted by molar-refractivity contribution is 5.79. The normalized spacial score (nSPS) is 22.8. The third-order valence-corrected chi connectivity index (χ3v) is 3.33. The molecule has 1 unspecified atom stereocenters. The van der Waals surface area contributed by atoms with Gasteiger partial charge in [-0.15, -0.1) is 0 Å². The molecule has 0 radical (unpaired) electrons. The summed E-state index contributed by atoms with van der Waals surface area (Å²) >= 11 is 0. The molecule has 1 saturated heterocycles. The fraction of sp³-hybridized carbons (Fsp3) is 0.500. The van der Waals surface area contributed by atoms with Crippen molar-refractivity contribution in [3.8, 4) is 5.75 Å². The van der Waals surface area contributed by atoms with E-state index in [9.17, 15) is 4.79 Å². The molecule has 98 valence electrons. The second-order valence-electron chi connectivity index (χ2n) is 5.06. The zero-order chi connectivity index (χ0) is 13.0. The Kier molecular flexibility index (Phi) is 3.87. The van der Waals surface area contributed by atoms with E-state index in [1.807, 2.05) is 24.3 Å². The van der Waals surface area contributed by atoms with Gasteiger partial charge in [0.25, 0.3) is 0 Å². The number of benzene rings is 1. The monoisotopic (exact) mass is 248 g/mol. The summed E-state index contributed by atoms with van der Waals surface area (Å²) in [5, 5.41) is 6.37. The lowest BCUT2D eigenvalue weighted by molar-refractivity contribution is -0.122. The molecule has 0 aliphatic carbocycles. The zero-order valence-electron chi connectivity index (χ0n) is 11.0. The maximum Gasteiger partial charge on any atom is 0.224 e. The van der Waals surface area contributed by atoms with Gasteiger partial charge < -0.3 is 15.4 Å². The predicted molar refractivity (Wildman–Crippen MR) is 70.7 cm³/mol. The maximum atomic E-state index is 12.0. The van der Waals surface area contributed by atoms with Crippen molar-refractivity contribution in [2.24, 2.45) is 0 Å². The minimum absolute atomic E-state index is 0.0753. The second kappa shape index (κ2) is 5.40. The fourth-order valence-corrected chi connectivity index (χ4v) is 2.23. The molecule has 1 amide bonds. The third kappa shape index (κ3) is 3.23. The second-order valence-corrected chi connectivity index (χ2v) is 5.06. The van der Waals surface area contributed by atoms with Gasteiger partial charge in [0.05, 0.1) is 19.1 Å². The molecule has 4 nitrogen and oxygen atoms in total. The van der Waals surface area contributed by atoms with Gasteiger partial charge in [-0.3, -0.25) is 4.79 Å². The van der Waals surface area contributed by atoms with E-state index in [-0.39, 0.29) is 11.4 Å². The van der Waals surface area contributed by atoms with Crippen molar-refractivity contribution in [3.05, 3.63) is 29.8 Å². The molecule has 1 aromatic carbocycles. The number of methoxy groups -OCH3 is 1. The minimum atomic E-state index is -0.0937. The molecule has 0 saturated carbocycles. The third-order valence-electron chi connectivity index (χ3n) is 3.33. The van der Waals surface area contributed by atoms with Gasteiger partial charge in [0.2, 0.25) is 5.91 Å². The first-order chi connectivity index (χ1) is 8.61. The molecule has 2 rings (SSSR count). The molecular weight excluding hydrogens is 228 g/mol. The van der Waals surface area contributed by atoms with Crippen LogP contribution >= 0.6 is 0 Å². The van der Waals surface area contributed by atoms with Gasteiger partial charge in [-0.05, 0) is 37.6 Å². The molecule has 4 heteroatoms. The summed E-state index contributed by atoms with van der Waals surface area (Å²) in [6, 6.07) is 7.60. The molecule has 1 heterocycles. The summed E-state index contributed by atoms with van der Waals surface area (Å²) < 4.78 is 5.09. The summed E-state index contributed by atoms with van der Waals surface area (Å²) in [6.45, 7) is 3.90. The number of carbonyl (C=O) groups excluding carboxylic acids is 1. The molecule has 0 spiro atoms. The first-order valence-corrected chi connectivity index (χ1v) is 6.26. The first-order valence-electron chi connectivity index (χ1n) is 6.26. The van der Waals surface area contributed by atoms with Crippen molar-refractivity contribution in [2.75, 3.05) is 20.2 Å². The summed E-state index contributed by atoms with van der Waals surface area (Å²) in [4.78, 5) is 12.0. The molecule has 1 fully saturated rings. The zero-order valence-corrected chi connectivity index (χ0v) is 11.0. The molecule has 2 N–H and O–H groups in total. The molecule has 1 atom stereocenters. The molecule has 1 aliphatic rings. The van der Waals surface area contributed by atoms with Gasteiger partial charge in [0.1, 0.15) is 5.75 Å². The number of amides is 1. The number of carbonyl (C=O) groups is 1. The molecule has 0 aromatic heterocycles. The SMILES string of the molecule is COc1ccc(CC(=O)NC2(C)CCNC2)cc1. The van der Waals surface area contributed by atoms with Crippen LogP contribution in [0.1, 0.15) is 18.9 Å². The lowest BCUT2D eigenvalue weighted by Crippen LogP contribution is -2.48. The first kappa shape index (κ1) is 12.9. The van der Waals surface area contributed by atoms with E-state index in [4.69, 9.17) is 4.74 Å². The summed E-state index contributed by atoms with van der Waals surface area (Å²) in [7, 11) is 1.63. The van der Waals surface area contributed by atoms with Crippen molar-refractivity contribution in [3.63, 3.8) is 0 Å². The Labute approximate surface area is 108 Å². The van der Waals surface area contributed by atoms with E-state index in [0.717, 1.165) is 30.8 Å². The van der Waals surface area contributed by atoms with Gasteiger partial charge in [0.15, 0.2) is 0 Å². The van der Waals surface area contributed by atoms with E-state index < -0.39 is 0 Å². The summed E-state index contributed by atoms with van der Waals surface area (Å²) in [6.07, 6.45) is 1.40. The van der Waals surface area contributed by atoms with Crippen LogP contribution < -0.4 is 15.4 Å². The molecule has 18 heavy (non-hydrogen) atoms. The van der Waals surface area contributed by atoms with Crippen LogP contribution in [0.25, 0.3) is 0 Å². The standard InChI is InChI=1S/C14H20N2O2/c1-14(7-8-15-10-14)16-13(17)9-11-3-5-12(18-2)6-4-11/h3-6,15H,7-10H2,1-2H3,(H,16,17). The fourth-order valence-electron chi connectivity index (χ4n) is 2.23. The maximum absolute atomic E-state index is 12.0. The topological polar surface area (TPSA) is 50.4 Å². The van der Waals surface area contributed by atoms with Gasteiger partial charge in [-0.25, -0.2) is 0 Å². The molecular formula is C14H20N2O2. The summed E-state index contributed by atoms with van der Waals surface area (Å²) in [5.41, 5.74) is 0.909. The van der Waals surface area contributed by atoms with Crippen LogP contribution in [0.15, 0.2) is 24.3 Å². The minimum Gasteiger partial charge on any atom is -0.497 e. The van der Waals surface area contributed by atoms with Crippen molar-refractivity contribution in [1.82, 2.24) is 10.6 Å². The highest BCUT2D eigenvalue weighted by Crippen LogP contribution is 2.15. The quantitative estimate of drug-likeness (QED) is 0.839. The average Bonchev–Trinajstić information content (AvgIpc) is 2.76. The molecule has 1 aromatic rings. The summed E-state index contributed by atoms with van der Waals surface area (Å²) in [5.74, 6) is 0.887. The van der Waals surface area contributed by atoms with Gasteiger partial charge >= 0.3 is 0 Å². The number of hydrogen-bond donors (Lipinski definition) is 2. The van der Waals surface area contributed by atoms with E-state index in [2.05, 4.69) is 17.6 Å². The van der Waals surface area contributed by atoms with Crippen molar-refractivity contribution < 1.29 is 9.53 Å². The Morgan fingerprint density at radius 1 is 1.44 bits per heavy atom. The predicted octanol–water partition coefficient (Wildman–Crippen LogP) is 1.11. The Balaban J connectivity index is 1.90. The van der Waals surface area contributed by atoms with E-state index in [0.29, 0.717) is 6.42 Å². The largest absolute Gasteiger partial charge is 0.497 e. The lowest BCUT2D eigenvalue weighted by Gasteiger charge is -2.24. The van der Waals surface area contributed by atoms with Crippen LogP contribution in [0.3, 0.4) is 0 Å². The number of ether oxygens (including phenoxy) is 1. The smallest absolute Gasteiger partial charge is 0.224 e. The Morgan fingerprint density at radius 2 is 2.17 bits per heavy atom. The van der Waals surface area contributed by atoms with E-state index in [1.165, 1.54) is 0 Å². The Hall–Kier alpha value is -1.55. The number of hydrogen-bond acceptors (Lipinski definition) is 3. The molecule has 1 aliphatic heterocycles. The van der Waals surface area contributed by atoms with E-state index >= 15 is 0 Å². The van der Waals surface area contributed by atoms with Gasteiger partial charge in [-0.1, -0.05) is 12.1 Å². The average molecular weight is 248 g/mol. The van der Waals surface area contributed by atoms with Gasteiger partial charge in [-0.2, -0.15) is 0 Å². The Morgan fingerprint density at radius 3 is 2.72 bits per heavy atom. The Bertz CT molecular complexity index is 408. The van der Waals surface area contributed by atoms with Crippen LogP contribution in [-0.4, -0.2) is 31.6 Å². The van der Waals surface area contributed by atoms with Crippen LogP contribution in [0.2, 0.25) is 0 Å². The molecule has 0 bridgehead atoms. The van der Waals surface area contributed by atoms with Gasteiger partial charge in [0, 0.05) is 6.54 Å². The van der Waals surface area contributed by atoms with E-state index in [1.54, 1.807) is 7.11 Å². The highest BCUT2D eigenvalue weighted by atomic mass is 16.5. The van der Waals surface area contributed by atoms with Crippen LogP contribution in [-0.2, 0) is 11.2 Å². The van der Waals surface area contributed by atoms with Crippen molar-refractivity contribution in [2.45, 2.75) is 25.3 Å². The lowest BCUT2D eigenvalue weighted by atomic mass is 10.0.